The van der Waals surface area contributed by atoms with E-state index in [0.29, 0.717) is 12.0 Å². The molecule has 2 saturated heterocycles. The molecule has 0 atom stereocenters. The maximum Gasteiger partial charge on any atom is 0.254 e. The van der Waals surface area contributed by atoms with Gasteiger partial charge in [0.15, 0.2) is 0 Å². The molecule has 3 fully saturated rings. The van der Waals surface area contributed by atoms with E-state index < -0.39 is 0 Å². The largest absolute Gasteiger partial charge is 0.330 e. The Hall–Kier alpha value is -1.31. The average Bonchev–Trinajstić information content (AvgIpc) is 2.39. The van der Waals surface area contributed by atoms with Crippen molar-refractivity contribution in [2.45, 2.75) is 51.1 Å². The van der Waals surface area contributed by atoms with Gasteiger partial charge in [0, 0.05) is 17.1 Å². The van der Waals surface area contributed by atoms with E-state index >= 15 is 0 Å². The monoisotopic (exact) mass is 243 g/mol. The Morgan fingerprint density at radius 2 is 1.72 bits per heavy atom. The summed E-state index contributed by atoms with van der Waals surface area (Å²) >= 11 is 0. The smallest absolute Gasteiger partial charge is 0.254 e. The molecular formula is C16H21NO. The summed E-state index contributed by atoms with van der Waals surface area (Å²) in [4.78, 5) is 14.9. The third kappa shape index (κ3) is 1.66. The molecule has 2 heteroatoms. The van der Waals surface area contributed by atoms with Gasteiger partial charge in [0.25, 0.3) is 5.91 Å². The Kier molecular flexibility index (Phi) is 2.69. The zero-order chi connectivity index (χ0) is 12.8. The van der Waals surface area contributed by atoms with Crippen LogP contribution in [0.2, 0.25) is 0 Å². The van der Waals surface area contributed by atoms with Gasteiger partial charge in [0.2, 0.25) is 0 Å². The van der Waals surface area contributed by atoms with Crippen LogP contribution in [0.5, 0.6) is 0 Å². The van der Waals surface area contributed by atoms with Crippen LogP contribution in [0.15, 0.2) is 30.3 Å². The fourth-order valence-electron chi connectivity index (χ4n) is 3.86. The van der Waals surface area contributed by atoms with E-state index in [0.717, 1.165) is 5.56 Å². The lowest BCUT2D eigenvalue weighted by Gasteiger charge is -2.57. The molecule has 3 aliphatic rings. The second kappa shape index (κ2) is 4.11. The summed E-state index contributed by atoms with van der Waals surface area (Å²) in [5.74, 6) is 0.894. The van der Waals surface area contributed by atoms with Crippen molar-refractivity contribution in [2.75, 3.05) is 0 Å². The third-order valence-electron chi connectivity index (χ3n) is 4.92. The summed E-state index contributed by atoms with van der Waals surface area (Å²) in [5, 5.41) is 0. The standard InChI is InChI=1S/C16H21NO/c1-16(2)13-8-10-14(11-9-13)17(16)15(18)12-6-4-3-5-7-12/h3-7,13-14H,8-11H2,1-2H3. The molecule has 1 aliphatic carbocycles. The summed E-state index contributed by atoms with van der Waals surface area (Å²) in [5.41, 5.74) is 0.854. The molecule has 96 valence electrons. The zero-order valence-corrected chi connectivity index (χ0v) is 11.2. The van der Waals surface area contributed by atoms with Gasteiger partial charge in [0.05, 0.1) is 0 Å². The molecule has 1 aromatic rings. The van der Waals surface area contributed by atoms with Crippen LogP contribution in [0.4, 0.5) is 0 Å². The molecule has 2 nitrogen and oxygen atoms in total. The van der Waals surface area contributed by atoms with Crippen LogP contribution >= 0.6 is 0 Å². The molecule has 0 spiro atoms. The number of piperidine rings is 2. The van der Waals surface area contributed by atoms with E-state index in [2.05, 4.69) is 18.7 Å². The number of benzene rings is 1. The minimum absolute atomic E-state index is 0.0219. The van der Waals surface area contributed by atoms with Crippen LogP contribution in [0.3, 0.4) is 0 Å². The molecule has 4 rings (SSSR count). The Morgan fingerprint density at radius 1 is 1.11 bits per heavy atom. The Labute approximate surface area is 109 Å². The van der Waals surface area contributed by atoms with Crippen LogP contribution < -0.4 is 0 Å². The first-order valence-electron chi connectivity index (χ1n) is 6.99. The van der Waals surface area contributed by atoms with Crippen molar-refractivity contribution in [1.82, 2.24) is 4.90 Å². The topological polar surface area (TPSA) is 20.3 Å². The van der Waals surface area contributed by atoms with E-state index in [4.69, 9.17) is 0 Å². The quantitative estimate of drug-likeness (QED) is 0.739. The number of hydrogen-bond donors (Lipinski definition) is 0. The molecule has 1 saturated carbocycles. The normalized spacial score (nSPS) is 29.3. The molecule has 0 aromatic heterocycles. The molecule has 2 heterocycles. The average molecular weight is 243 g/mol. The molecular weight excluding hydrogens is 222 g/mol. The molecule has 18 heavy (non-hydrogen) atoms. The number of fused-ring (bicyclic) bond motifs is 3. The summed E-state index contributed by atoms with van der Waals surface area (Å²) < 4.78 is 0. The van der Waals surface area contributed by atoms with Gasteiger partial charge in [0.1, 0.15) is 0 Å². The molecule has 0 radical (unpaired) electrons. The fourth-order valence-corrected chi connectivity index (χ4v) is 3.86. The zero-order valence-electron chi connectivity index (χ0n) is 11.2. The van der Waals surface area contributed by atoms with Gasteiger partial charge in [-0.2, -0.15) is 0 Å². The van der Waals surface area contributed by atoms with Crippen molar-refractivity contribution in [1.29, 1.82) is 0 Å². The lowest BCUT2D eigenvalue weighted by atomic mass is 9.68. The predicted molar refractivity (Wildman–Crippen MR) is 72.4 cm³/mol. The third-order valence-corrected chi connectivity index (χ3v) is 4.92. The highest BCUT2D eigenvalue weighted by molar-refractivity contribution is 5.95. The van der Waals surface area contributed by atoms with E-state index in [9.17, 15) is 4.79 Å². The first kappa shape index (κ1) is 11.8. The molecule has 0 unspecified atom stereocenters. The second-order valence-electron chi connectivity index (χ2n) is 6.20. The number of amides is 1. The first-order chi connectivity index (χ1) is 8.60. The summed E-state index contributed by atoms with van der Waals surface area (Å²) in [6, 6.07) is 10.2. The Bertz CT molecular complexity index is 443. The Morgan fingerprint density at radius 3 is 2.28 bits per heavy atom. The van der Waals surface area contributed by atoms with Crippen LogP contribution in [0.1, 0.15) is 49.9 Å². The van der Waals surface area contributed by atoms with Crippen LogP contribution in [0.25, 0.3) is 0 Å². The van der Waals surface area contributed by atoms with Crippen LogP contribution in [-0.4, -0.2) is 22.4 Å². The van der Waals surface area contributed by atoms with Gasteiger partial charge in [-0.3, -0.25) is 4.79 Å². The number of carbonyl (C=O) groups excluding carboxylic acids is 1. The highest BCUT2D eigenvalue weighted by Crippen LogP contribution is 2.46. The van der Waals surface area contributed by atoms with Crippen molar-refractivity contribution < 1.29 is 4.79 Å². The number of nitrogens with zero attached hydrogens (tertiary/aromatic N) is 1. The van der Waals surface area contributed by atoms with E-state index in [-0.39, 0.29) is 11.4 Å². The highest BCUT2D eigenvalue weighted by atomic mass is 16.2. The predicted octanol–water partition coefficient (Wildman–Crippen LogP) is 3.48. The van der Waals surface area contributed by atoms with Gasteiger partial charge in [-0.1, -0.05) is 18.2 Å². The van der Waals surface area contributed by atoms with Gasteiger partial charge in [-0.15, -0.1) is 0 Å². The fraction of sp³-hybridized carbons (Fsp3) is 0.562. The second-order valence-corrected chi connectivity index (χ2v) is 6.20. The van der Waals surface area contributed by atoms with Gasteiger partial charge < -0.3 is 4.90 Å². The summed E-state index contributed by atoms with van der Waals surface area (Å²) in [6.07, 6.45) is 4.95. The molecule has 1 aromatic carbocycles. The summed E-state index contributed by atoms with van der Waals surface area (Å²) in [6.45, 7) is 4.48. The number of rotatable bonds is 1. The minimum Gasteiger partial charge on any atom is -0.330 e. The molecule has 2 bridgehead atoms. The van der Waals surface area contributed by atoms with Crippen LogP contribution in [-0.2, 0) is 0 Å². The lowest BCUT2D eigenvalue weighted by molar-refractivity contribution is -0.0456. The van der Waals surface area contributed by atoms with Crippen molar-refractivity contribution in [2.24, 2.45) is 5.92 Å². The van der Waals surface area contributed by atoms with Gasteiger partial charge in [-0.05, 0) is 57.6 Å². The van der Waals surface area contributed by atoms with Gasteiger partial charge >= 0.3 is 0 Å². The summed E-state index contributed by atoms with van der Waals surface area (Å²) in [7, 11) is 0. The number of hydrogen-bond acceptors (Lipinski definition) is 1. The minimum atomic E-state index is 0.0219. The molecule has 0 N–H and O–H groups in total. The maximum atomic E-state index is 12.7. The lowest BCUT2D eigenvalue weighted by Crippen LogP contribution is -2.63. The SMILES string of the molecule is CC1(C)C2CCC(CC2)N1C(=O)c1ccccc1. The first-order valence-corrected chi connectivity index (χ1v) is 6.99. The van der Waals surface area contributed by atoms with E-state index in [1.165, 1.54) is 25.7 Å². The van der Waals surface area contributed by atoms with Crippen molar-refractivity contribution >= 4 is 5.91 Å². The molecule has 1 amide bonds. The van der Waals surface area contributed by atoms with Crippen molar-refractivity contribution in [3.63, 3.8) is 0 Å². The van der Waals surface area contributed by atoms with Gasteiger partial charge in [-0.25, -0.2) is 0 Å². The van der Waals surface area contributed by atoms with Crippen molar-refractivity contribution in [3.8, 4) is 0 Å². The van der Waals surface area contributed by atoms with E-state index in [1.807, 2.05) is 30.3 Å². The number of carbonyl (C=O) groups is 1. The van der Waals surface area contributed by atoms with E-state index in [1.54, 1.807) is 0 Å². The van der Waals surface area contributed by atoms with Crippen LogP contribution in [0, 0.1) is 5.92 Å². The Balaban J connectivity index is 1.94. The highest BCUT2D eigenvalue weighted by Gasteiger charge is 2.49. The molecule has 2 aliphatic heterocycles. The maximum absolute atomic E-state index is 12.7. The van der Waals surface area contributed by atoms with Crippen molar-refractivity contribution in [3.05, 3.63) is 35.9 Å².